The van der Waals surface area contributed by atoms with Crippen molar-refractivity contribution in [3.05, 3.63) is 27.5 Å². The van der Waals surface area contributed by atoms with E-state index in [0.717, 1.165) is 29.4 Å². The Morgan fingerprint density at radius 2 is 1.79 bits per heavy atom. The van der Waals surface area contributed by atoms with E-state index in [1.54, 1.807) is 0 Å². The third kappa shape index (κ3) is 2.81. The lowest BCUT2D eigenvalue weighted by Crippen LogP contribution is -2.41. The number of fused-ring (bicyclic) bond motifs is 1. The summed E-state index contributed by atoms with van der Waals surface area (Å²) >= 11 is 0. The first-order valence-electron chi connectivity index (χ1n) is 9.96. The molecule has 1 aromatic carbocycles. The molecular formula is C20H28BN3O4. The van der Waals surface area contributed by atoms with E-state index in [4.69, 9.17) is 9.31 Å². The van der Waals surface area contributed by atoms with Crippen molar-refractivity contribution in [1.29, 1.82) is 0 Å². The Kier molecular flexibility index (Phi) is 4.45. The van der Waals surface area contributed by atoms with Crippen molar-refractivity contribution in [2.24, 2.45) is 0 Å². The van der Waals surface area contributed by atoms with Gasteiger partial charge in [-0.3, -0.25) is 4.79 Å². The van der Waals surface area contributed by atoms with E-state index in [0.29, 0.717) is 17.3 Å². The number of nitrogens with zero attached hydrogens (tertiary/aromatic N) is 3. The molecule has 2 atom stereocenters. The summed E-state index contributed by atoms with van der Waals surface area (Å²) < 4.78 is 13.8. The Morgan fingerprint density at radius 3 is 2.36 bits per heavy atom. The Bertz CT molecular complexity index is 985. The molecule has 0 bridgehead atoms. The molecule has 8 heteroatoms. The Hall–Kier alpha value is -1.77. The molecule has 7 nitrogen and oxygen atoms in total. The maximum atomic E-state index is 13.2. The maximum Gasteiger partial charge on any atom is 0.495 e. The first-order valence-corrected chi connectivity index (χ1v) is 9.96. The molecule has 0 radical (unpaired) electrons. The monoisotopic (exact) mass is 385 g/mol. The van der Waals surface area contributed by atoms with Crippen molar-refractivity contribution < 1.29 is 14.4 Å². The first kappa shape index (κ1) is 19.5. The summed E-state index contributed by atoms with van der Waals surface area (Å²) in [5.74, 6) is 0. The lowest BCUT2D eigenvalue weighted by molar-refractivity contribution is 0.00578. The minimum atomic E-state index is -0.557. The van der Waals surface area contributed by atoms with E-state index in [2.05, 4.69) is 10.3 Å². The highest BCUT2D eigenvalue weighted by atomic mass is 16.7. The zero-order valence-electron chi connectivity index (χ0n) is 17.4. The molecule has 0 amide bonds. The van der Waals surface area contributed by atoms with Crippen molar-refractivity contribution >= 4 is 23.5 Å². The minimum Gasteiger partial charge on any atom is -0.399 e. The molecule has 1 N–H and O–H groups in total. The van der Waals surface area contributed by atoms with E-state index in [9.17, 15) is 9.90 Å². The van der Waals surface area contributed by atoms with Crippen molar-refractivity contribution in [3.63, 3.8) is 0 Å². The van der Waals surface area contributed by atoms with Gasteiger partial charge >= 0.3 is 7.12 Å². The second-order valence-corrected chi connectivity index (χ2v) is 9.10. The number of aryl methyl sites for hydroxylation is 1. The van der Waals surface area contributed by atoms with E-state index >= 15 is 0 Å². The molecule has 2 aliphatic rings. The molecule has 1 aliphatic heterocycles. The van der Waals surface area contributed by atoms with Gasteiger partial charge in [0.05, 0.1) is 28.7 Å². The Labute approximate surface area is 165 Å². The van der Waals surface area contributed by atoms with Gasteiger partial charge < -0.3 is 14.4 Å². The molecule has 1 aliphatic carbocycles. The van der Waals surface area contributed by atoms with Gasteiger partial charge in [-0.25, -0.2) is 4.68 Å². The van der Waals surface area contributed by atoms with Crippen LogP contribution in [-0.4, -0.2) is 44.5 Å². The Morgan fingerprint density at radius 1 is 1.14 bits per heavy atom. The molecule has 1 aromatic heterocycles. The van der Waals surface area contributed by atoms with Crippen LogP contribution in [-0.2, 0) is 9.31 Å². The predicted octanol–water partition coefficient (Wildman–Crippen LogP) is 1.79. The fourth-order valence-electron chi connectivity index (χ4n) is 4.12. The summed E-state index contributed by atoms with van der Waals surface area (Å²) in [7, 11) is -0.550. The number of aromatic nitrogens is 3. The lowest BCUT2D eigenvalue weighted by Gasteiger charge is -2.32. The number of hydrogen-bond donors (Lipinski definition) is 1. The van der Waals surface area contributed by atoms with Crippen LogP contribution >= 0.6 is 0 Å². The van der Waals surface area contributed by atoms with Gasteiger partial charge in [-0.2, -0.15) is 0 Å². The molecule has 4 rings (SSSR count). The molecule has 2 aromatic rings. The van der Waals surface area contributed by atoms with Gasteiger partial charge in [-0.15, -0.1) is 5.10 Å². The number of aliphatic hydroxyl groups excluding tert-OH is 1. The predicted molar refractivity (Wildman–Crippen MR) is 108 cm³/mol. The van der Waals surface area contributed by atoms with Crippen molar-refractivity contribution in [2.75, 3.05) is 0 Å². The third-order valence-corrected chi connectivity index (χ3v) is 6.85. The minimum absolute atomic E-state index is 0.225. The summed E-state index contributed by atoms with van der Waals surface area (Å²) in [6.07, 6.45) is 1.74. The highest BCUT2D eigenvalue weighted by Gasteiger charge is 2.52. The van der Waals surface area contributed by atoms with Crippen LogP contribution < -0.4 is 11.0 Å². The van der Waals surface area contributed by atoms with E-state index in [1.807, 2.05) is 47.6 Å². The number of aliphatic hydroxyl groups is 1. The van der Waals surface area contributed by atoms with Gasteiger partial charge in [-0.05, 0) is 83.5 Å². The smallest absolute Gasteiger partial charge is 0.399 e. The number of hydrogen-bond acceptors (Lipinski definition) is 6. The van der Waals surface area contributed by atoms with Crippen molar-refractivity contribution in [3.8, 4) is 0 Å². The third-order valence-electron chi connectivity index (χ3n) is 6.85. The average molecular weight is 385 g/mol. The van der Waals surface area contributed by atoms with Gasteiger partial charge in [-0.1, -0.05) is 5.21 Å². The van der Waals surface area contributed by atoms with Gasteiger partial charge in [0, 0.05) is 0 Å². The number of rotatable bonds is 2. The van der Waals surface area contributed by atoms with Gasteiger partial charge in [0.1, 0.15) is 5.52 Å². The van der Waals surface area contributed by atoms with Crippen molar-refractivity contribution in [2.45, 2.75) is 84.2 Å². The largest absolute Gasteiger partial charge is 0.495 e. The quantitative estimate of drug-likeness (QED) is 0.794. The molecular weight excluding hydrogens is 357 g/mol. The molecule has 150 valence electrons. The summed E-state index contributed by atoms with van der Waals surface area (Å²) in [6, 6.07) is 1.51. The second-order valence-electron chi connectivity index (χ2n) is 9.10. The molecule has 0 spiro atoms. The van der Waals surface area contributed by atoms with Crippen LogP contribution in [0.2, 0.25) is 0 Å². The molecule has 28 heavy (non-hydrogen) atoms. The summed E-state index contributed by atoms with van der Waals surface area (Å²) in [5, 5.41) is 19.2. The fourth-order valence-corrected chi connectivity index (χ4v) is 4.12. The molecule has 2 fully saturated rings. The summed E-state index contributed by atoms with van der Waals surface area (Å²) in [6.45, 7) is 12.0. The molecule has 2 heterocycles. The highest BCUT2D eigenvalue weighted by molar-refractivity contribution is 6.63. The van der Waals surface area contributed by atoms with Crippen LogP contribution in [0.4, 0.5) is 0 Å². The zero-order valence-corrected chi connectivity index (χ0v) is 17.4. The molecule has 1 saturated heterocycles. The van der Waals surface area contributed by atoms with Crippen LogP contribution in [0.3, 0.4) is 0 Å². The van der Waals surface area contributed by atoms with Gasteiger partial charge in [0.25, 0.3) is 5.56 Å². The first-order chi connectivity index (χ1) is 13.0. The van der Waals surface area contributed by atoms with E-state index in [-0.39, 0.29) is 11.6 Å². The maximum absolute atomic E-state index is 13.2. The number of benzene rings is 1. The average Bonchev–Trinajstić information content (AvgIpc) is 3.11. The van der Waals surface area contributed by atoms with Crippen LogP contribution in [0.15, 0.2) is 10.9 Å². The van der Waals surface area contributed by atoms with Gasteiger partial charge in [0.2, 0.25) is 0 Å². The topological polar surface area (TPSA) is 86.5 Å². The van der Waals surface area contributed by atoms with Crippen LogP contribution in [0.5, 0.6) is 0 Å². The molecule has 0 unspecified atom stereocenters. The van der Waals surface area contributed by atoms with Crippen molar-refractivity contribution in [1.82, 2.24) is 15.0 Å². The van der Waals surface area contributed by atoms with E-state index < -0.39 is 24.4 Å². The highest BCUT2D eigenvalue weighted by Crippen LogP contribution is 2.37. The summed E-state index contributed by atoms with van der Waals surface area (Å²) in [5.41, 5.74) is 2.16. The van der Waals surface area contributed by atoms with Gasteiger partial charge in [0.15, 0.2) is 0 Å². The molecule has 1 saturated carbocycles. The fraction of sp³-hybridized carbons (Fsp3) is 0.650. The van der Waals surface area contributed by atoms with Crippen LogP contribution in [0.1, 0.15) is 64.1 Å². The Balaban J connectivity index is 1.86. The summed E-state index contributed by atoms with van der Waals surface area (Å²) in [4.78, 5) is 13.2. The van der Waals surface area contributed by atoms with Crippen LogP contribution in [0, 0.1) is 13.8 Å². The second kappa shape index (κ2) is 6.37. The van der Waals surface area contributed by atoms with E-state index in [1.165, 1.54) is 4.68 Å². The zero-order chi connectivity index (χ0) is 20.4. The lowest BCUT2D eigenvalue weighted by atomic mass is 9.74. The SMILES string of the molecule is Cc1c(B2OC(C)(C)C(C)(C)O2)cc2c(=O)n([C@@H]3CCC[C@H]3O)nnc2c1C. The normalized spacial score (nSPS) is 26.3. The standard InChI is InChI=1S/C20H28BN3O4/c1-11-12(2)17-13(10-14(11)21-27-19(3,4)20(5,6)28-21)18(26)24(23-22-17)15-8-7-9-16(15)25/h10,15-16,25H,7-9H2,1-6H3/t15-,16-/m1/s1. The van der Waals surface area contributed by atoms with Crippen LogP contribution in [0.25, 0.3) is 10.9 Å².